The second-order valence-electron chi connectivity index (χ2n) is 5.69. The molecule has 1 aliphatic rings. The number of hydrogen-bond acceptors (Lipinski definition) is 4. The molecule has 1 aliphatic heterocycles. The summed E-state index contributed by atoms with van der Waals surface area (Å²) in [5.41, 5.74) is 0.913. The van der Waals surface area contributed by atoms with Crippen LogP contribution < -0.4 is 4.90 Å². The monoisotopic (exact) mass is 320 g/mol. The van der Waals surface area contributed by atoms with Gasteiger partial charge in [0.1, 0.15) is 0 Å². The van der Waals surface area contributed by atoms with Crippen LogP contribution in [0, 0.1) is 0 Å². The van der Waals surface area contributed by atoms with Gasteiger partial charge in [-0.05, 0) is 17.7 Å². The minimum atomic E-state index is -0.475. The van der Waals surface area contributed by atoms with E-state index in [1.165, 1.54) is 0 Å². The first-order valence-corrected chi connectivity index (χ1v) is 7.89. The third kappa shape index (κ3) is 3.43. The first-order chi connectivity index (χ1) is 10.6. The van der Waals surface area contributed by atoms with Crippen LogP contribution in [0.2, 0.25) is 5.02 Å². The Morgan fingerprint density at radius 3 is 2.45 bits per heavy atom. The van der Waals surface area contributed by atoms with Gasteiger partial charge in [-0.15, -0.1) is 0 Å². The van der Waals surface area contributed by atoms with E-state index in [4.69, 9.17) is 11.6 Å². The van der Waals surface area contributed by atoms with Crippen LogP contribution in [0.3, 0.4) is 0 Å². The third-order valence-electron chi connectivity index (χ3n) is 4.14. The minimum Gasteiger partial charge on any atom is -0.387 e. The molecule has 1 fully saturated rings. The summed E-state index contributed by atoms with van der Waals surface area (Å²) < 4.78 is 2.04. The van der Waals surface area contributed by atoms with E-state index in [1.54, 1.807) is 0 Å². The van der Waals surface area contributed by atoms with Gasteiger partial charge in [0.2, 0.25) is 5.95 Å². The van der Waals surface area contributed by atoms with E-state index in [1.807, 2.05) is 48.3 Å². The molecule has 1 N–H and O–H groups in total. The van der Waals surface area contributed by atoms with Crippen molar-refractivity contribution < 1.29 is 5.11 Å². The molecule has 0 aliphatic carbocycles. The smallest absolute Gasteiger partial charge is 0.205 e. The molecule has 2 aromatic rings. The highest BCUT2D eigenvalue weighted by atomic mass is 35.5. The summed E-state index contributed by atoms with van der Waals surface area (Å²) in [5.74, 6) is 1.01. The van der Waals surface area contributed by atoms with Crippen molar-refractivity contribution in [1.82, 2.24) is 14.5 Å². The lowest BCUT2D eigenvalue weighted by Crippen LogP contribution is -2.48. The molecule has 5 nitrogen and oxygen atoms in total. The van der Waals surface area contributed by atoms with E-state index >= 15 is 0 Å². The van der Waals surface area contributed by atoms with E-state index in [0.717, 1.165) is 37.7 Å². The lowest BCUT2D eigenvalue weighted by molar-refractivity contribution is 0.109. The van der Waals surface area contributed by atoms with Crippen molar-refractivity contribution in [1.29, 1.82) is 0 Å². The average Bonchev–Trinajstić information content (AvgIpc) is 2.95. The fourth-order valence-electron chi connectivity index (χ4n) is 2.83. The van der Waals surface area contributed by atoms with Crippen LogP contribution in [0.4, 0.5) is 5.95 Å². The molecule has 1 atom stereocenters. The number of piperazine rings is 1. The predicted octanol–water partition coefficient (Wildman–Crippen LogP) is 1.93. The van der Waals surface area contributed by atoms with Gasteiger partial charge in [0.05, 0.1) is 6.10 Å². The van der Waals surface area contributed by atoms with Crippen LogP contribution in [-0.2, 0) is 7.05 Å². The second kappa shape index (κ2) is 6.69. The fraction of sp³-hybridized carbons (Fsp3) is 0.438. The Bertz CT molecular complexity index is 605. The largest absolute Gasteiger partial charge is 0.387 e. The lowest BCUT2D eigenvalue weighted by Gasteiger charge is -2.36. The summed E-state index contributed by atoms with van der Waals surface area (Å²) in [6.07, 6.45) is 3.31. The van der Waals surface area contributed by atoms with Gasteiger partial charge in [0, 0.05) is 57.2 Å². The number of rotatable bonds is 4. The highest BCUT2D eigenvalue weighted by Crippen LogP contribution is 2.19. The van der Waals surface area contributed by atoms with Gasteiger partial charge >= 0.3 is 0 Å². The van der Waals surface area contributed by atoms with Crippen LogP contribution in [0.15, 0.2) is 36.7 Å². The van der Waals surface area contributed by atoms with E-state index < -0.39 is 6.10 Å². The summed E-state index contributed by atoms with van der Waals surface area (Å²) in [5, 5.41) is 11.0. The average molecular weight is 321 g/mol. The molecule has 2 heterocycles. The van der Waals surface area contributed by atoms with Crippen LogP contribution in [0.25, 0.3) is 0 Å². The maximum atomic E-state index is 10.3. The molecular formula is C16H21ClN4O. The number of hydrogen-bond donors (Lipinski definition) is 1. The molecule has 1 aromatic heterocycles. The number of halogens is 1. The molecule has 6 heteroatoms. The molecule has 0 amide bonds. The molecule has 0 saturated carbocycles. The van der Waals surface area contributed by atoms with Crippen LogP contribution in [-0.4, -0.2) is 52.3 Å². The standard InChI is InChI=1S/C16H21ClN4O/c1-19-7-6-18-16(19)21-10-8-20(9-11-21)12-15(22)13-2-4-14(17)5-3-13/h2-7,15,22H,8-12H2,1H3/t15-/m0/s1. The lowest BCUT2D eigenvalue weighted by atomic mass is 10.1. The molecule has 0 radical (unpaired) electrons. The van der Waals surface area contributed by atoms with Crippen molar-refractivity contribution >= 4 is 17.5 Å². The summed E-state index contributed by atoms with van der Waals surface area (Å²) in [6, 6.07) is 7.41. The van der Waals surface area contributed by atoms with E-state index in [-0.39, 0.29) is 0 Å². The van der Waals surface area contributed by atoms with E-state index in [9.17, 15) is 5.11 Å². The number of aryl methyl sites for hydroxylation is 1. The molecule has 3 rings (SSSR count). The molecule has 0 bridgehead atoms. The molecule has 0 spiro atoms. The zero-order chi connectivity index (χ0) is 15.5. The Hall–Kier alpha value is -1.56. The molecule has 118 valence electrons. The number of β-amino-alcohol motifs (C(OH)–C–C–N with tert-alkyl or cyclic N) is 1. The minimum absolute atomic E-state index is 0.475. The van der Waals surface area contributed by atoms with Crippen molar-refractivity contribution in [2.24, 2.45) is 7.05 Å². The normalized spacial score (nSPS) is 17.7. The Morgan fingerprint density at radius 2 is 1.86 bits per heavy atom. The number of anilines is 1. The molecular weight excluding hydrogens is 300 g/mol. The molecule has 22 heavy (non-hydrogen) atoms. The molecule has 0 unspecified atom stereocenters. The van der Waals surface area contributed by atoms with Gasteiger partial charge in [0.25, 0.3) is 0 Å². The quantitative estimate of drug-likeness (QED) is 0.935. The van der Waals surface area contributed by atoms with Gasteiger partial charge in [-0.1, -0.05) is 23.7 Å². The zero-order valence-corrected chi connectivity index (χ0v) is 13.4. The highest BCUT2D eigenvalue weighted by molar-refractivity contribution is 6.30. The third-order valence-corrected chi connectivity index (χ3v) is 4.39. The van der Waals surface area contributed by atoms with E-state index in [2.05, 4.69) is 14.8 Å². The highest BCUT2D eigenvalue weighted by Gasteiger charge is 2.21. The van der Waals surface area contributed by atoms with Gasteiger partial charge in [-0.2, -0.15) is 0 Å². The summed E-state index contributed by atoms with van der Waals surface area (Å²) in [4.78, 5) is 8.96. The number of nitrogens with zero attached hydrogens (tertiary/aromatic N) is 4. The van der Waals surface area contributed by atoms with Crippen molar-refractivity contribution in [2.75, 3.05) is 37.6 Å². The number of aliphatic hydroxyl groups is 1. The van der Waals surface area contributed by atoms with Crippen molar-refractivity contribution in [2.45, 2.75) is 6.10 Å². The maximum absolute atomic E-state index is 10.3. The number of imidazole rings is 1. The summed E-state index contributed by atoms with van der Waals surface area (Å²) in [6.45, 7) is 4.36. The summed E-state index contributed by atoms with van der Waals surface area (Å²) in [7, 11) is 2.01. The summed E-state index contributed by atoms with van der Waals surface area (Å²) >= 11 is 5.88. The van der Waals surface area contributed by atoms with Crippen LogP contribution >= 0.6 is 11.6 Å². The number of aliphatic hydroxyl groups excluding tert-OH is 1. The first kappa shape index (κ1) is 15.3. The van der Waals surface area contributed by atoms with Crippen molar-refractivity contribution in [3.63, 3.8) is 0 Å². The maximum Gasteiger partial charge on any atom is 0.205 e. The fourth-order valence-corrected chi connectivity index (χ4v) is 2.95. The van der Waals surface area contributed by atoms with Crippen LogP contribution in [0.5, 0.6) is 0 Å². The Morgan fingerprint density at radius 1 is 1.18 bits per heavy atom. The predicted molar refractivity (Wildman–Crippen MR) is 88.3 cm³/mol. The Balaban J connectivity index is 1.53. The molecule has 1 saturated heterocycles. The van der Waals surface area contributed by atoms with Gasteiger partial charge in [-0.25, -0.2) is 4.98 Å². The van der Waals surface area contributed by atoms with Gasteiger partial charge in [-0.3, -0.25) is 4.90 Å². The van der Waals surface area contributed by atoms with Gasteiger partial charge < -0.3 is 14.6 Å². The van der Waals surface area contributed by atoms with Crippen molar-refractivity contribution in [3.8, 4) is 0 Å². The Kier molecular flexibility index (Phi) is 4.66. The van der Waals surface area contributed by atoms with E-state index in [0.29, 0.717) is 11.6 Å². The topological polar surface area (TPSA) is 44.5 Å². The number of benzene rings is 1. The number of aromatic nitrogens is 2. The first-order valence-electron chi connectivity index (χ1n) is 7.51. The zero-order valence-electron chi connectivity index (χ0n) is 12.7. The SMILES string of the molecule is Cn1ccnc1N1CCN(C[C@H](O)c2ccc(Cl)cc2)CC1. The van der Waals surface area contributed by atoms with Crippen molar-refractivity contribution in [3.05, 3.63) is 47.2 Å². The van der Waals surface area contributed by atoms with Crippen LogP contribution in [0.1, 0.15) is 11.7 Å². The Labute approximate surface area is 135 Å². The molecule has 1 aromatic carbocycles. The van der Waals surface area contributed by atoms with Gasteiger partial charge in [0.15, 0.2) is 0 Å². The second-order valence-corrected chi connectivity index (χ2v) is 6.13.